The molecule has 0 radical (unpaired) electrons. The average Bonchev–Trinajstić information content (AvgIpc) is 1.62. The lowest BCUT2D eigenvalue weighted by Crippen LogP contribution is -2.38. The van der Waals surface area contributed by atoms with Gasteiger partial charge in [0.2, 0.25) is 11.8 Å². The van der Waals surface area contributed by atoms with Crippen molar-refractivity contribution in [3.05, 3.63) is 325 Å². The van der Waals surface area contributed by atoms with E-state index in [-0.39, 0.29) is 151 Å². The summed E-state index contributed by atoms with van der Waals surface area (Å²) in [5, 5.41) is 82.6. The molecule has 0 spiro atoms. The number of ketones is 2. The first kappa shape index (κ1) is 112. The van der Waals surface area contributed by atoms with Crippen LogP contribution in [0.5, 0.6) is 11.8 Å². The maximum Gasteiger partial charge on any atom is 0.336 e. The number of ether oxygens (including phenoxy) is 4. The molecule has 0 aliphatic carbocycles. The Morgan fingerprint density at radius 2 is 0.720 bits per heavy atom. The van der Waals surface area contributed by atoms with Gasteiger partial charge in [0, 0.05) is 130 Å². The van der Waals surface area contributed by atoms with E-state index < -0.39 is 89.6 Å². The van der Waals surface area contributed by atoms with Crippen LogP contribution in [0.2, 0.25) is 0 Å². The zero-order valence-electron chi connectivity index (χ0n) is 81.4. The zero-order valence-corrected chi connectivity index (χ0v) is 81.4. The molecule has 4 aliphatic rings. The van der Waals surface area contributed by atoms with E-state index in [0.717, 1.165) is 57.1 Å². The van der Waals surface area contributed by atoms with Crippen molar-refractivity contribution in [2.75, 3.05) is 77.5 Å². The monoisotopic (exact) mass is 2040 g/mol. The molecule has 0 atom stereocenters. The van der Waals surface area contributed by atoms with Crippen LogP contribution in [0.1, 0.15) is 144 Å². The summed E-state index contributed by atoms with van der Waals surface area (Å²) in [6, 6.07) is 49.4. The molecule has 11 aromatic rings. The van der Waals surface area contributed by atoms with Crippen molar-refractivity contribution < 1.29 is 136 Å². The SMILES string of the molecule is C=CC(=O)Cc1ccc(N=Nc2ccc(C(=O)O)c3ccccc23)cc1.C=CC(=O)Cc1ccc(N=Nc2ccc(C(=O)O)cc2)cc1.C=CC(=O)OCCCN1C(=O)c2ccc(C(=O)O)cc2C1=O.C=CC(=O)OCCCN1C(=O)c2ccc(N(C)C)cc2C1=O.C=CC(=O)OCCCn1c(O)c2ccc(C(=O)O)cc2c1C1=NC(=O)CC(=O)N1.C=CC(=O)OCCCn1c(O)c2ccc(N(C)C)cc2c1C1=NC(=O)CC(=O)N1. The molecule has 42 heteroatoms. The molecule has 9 aromatic carbocycles. The van der Waals surface area contributed by atoms with Gasteiger partial charge in [0.15, 0.2) is 35.0 Å². The number of nitrogens with one attached hydrogen (secondary N) is 2. The van der Waals surface area contributed by atoms with Gasteiger partial charge in [-0.1, -0.05) is 88.0 Å². The minimum absolute atomic E-state index is 0.0228. The number of aromatic hydroxyl groups is 2. The number of carboxylic acid groups (broad SMARTS) is 4. The molecule has 0 saturated heterocycles. The summed E-state index contributed by atoms with van der Waals surface area (Å²) in [6.45, 7) is 21.2. The number of hydrogen-bond acceptors (Lipinski definition) is 30. The molecule has 0 saturated carbocycles. The number of amidine groups is 2. The quantitative estimate of drug-likeness (QED) is 0.00339. The smallest absolute Gasteiger partial charge is 0.336 e. The van der Waals surface area contributed by atoms with E-state index in [9.17, 15) is 107 Å². The van der Waals surface area contributed by atoms with E-state index in [1.54, 1.807) is 83.4 Å². The number of anilines is 2. The minimum atomic E-state index is -1.17. The fourth-order valence-corrected chi connectivity index (χ4v) is 14.8. The second kappa shape index (κ2) is 53.0. The van der Waals surface area contributed by atoms with Crippen LogP contribution >= 0.6 is 0 Å². The number of rotatable bonds is 38. The number of aliphatic imine (C=N–C) groups is 2. The third kappa shape index (κ3) is 29.7. The van der Waals surface area contributed by atoms with Gasteiger partial charge in [-0.05, 0) is 188 Å². The molecule has 8 N–H and O–H groups in total. The molecule has 8 amide bonds. The third-order valence-electron chi connectivity index (χ3n) is 22.2. The Hall–Kier alpha value is -19.8. The predicted molar refractivity (Wildman–Crippen MR) is 548 cm³/mol. The van der Waals surface area contributed by atoms with E-state index in [1.807, 2.05) is 86.5 Å². The van der Waals surface area contributed by atoms with Crippen LogP contribution in [0.15, 0.2) is 288 Å². The summed E-state index contributed by atoms with van der Waals surface area (Å²) < 4.78 is 22.4. The van der Waals surface area contributed by atoms with Crippen molar-refractivity contribution in [3.8, 4) is 11.8 Å². The lowest BCUT2D eigenvalue weighted by Gasteiger charge is -2.17. The number of aromatic carboxylic acids is 4. The van der Waals surface area contributed by atoms with Gasteiger partial charge >= 0.3 is 47.8 Å². The van der Waals surface area contributed by atoms with Crippen molar-refractivity contribution in [1.29, 1.82) is 0 Å². The van der Waals surface area contributed by atoms with Gasteiger partial charge in [0.05, 0.1) is 105 Å². The van der Waals surface area contributed by atoms with Gasteiger partial charge in [-0.3, -0.25) is 57.7 Å². The van der Waals surface area contributed by atoms with Crippen molar-refractivity contribution in [2.24, 2.45) is 30.4 Å². The number of benzene rings is 9. The van der Waals surface area contributed by atoms with Crippen LogP contribution in [-0.4, -0.2) is 236 Å². The fourth-order valence-electron chi connectivity index (χ4n) is 14.8. The van der Waals surface area contributed by atoms with Crippen molar-refractivity contribution >= 4 is 185 Å². The standard InChI is InChI=1S/C21H16N2O3.C20H22N4O5.C19H17N3O7.C17H14N2O3.C16H18N2O4.C15H13NO6/c1-2-16(24)13-14-7-9-15(10-8-14)22-23-20-12-11-19(21(25)26)17-5-3-4-6-18(17)20;1-4-17(27)29-9-5-8-24-18(19-21-15(25)11-16(26)22-19)14-10-12(23(2)3)6-7-13(14)20(24)28;1-2-15(25)29-7-3-6-22-16(17-20-13(23)9-14(24)21-17)12-8-10(19(27)28)4-5-11(12)18(22)26;1-2-16(20)11-12-3-7-14(8-4-12)18-19-15-9-5-13(6-10-15)17(21)22;1-4-14(19)22-9-5-8-18-15(20)12-7-6-11(17(2)3)10-13(12)16(18)21;1-2-12(17)22-7-3-6-16-13(18)10-5-4-9(15(20)21)8-11(10)14(16)19/h2-12H,1,13H2,(H,25,26);4,6-7,10,28H,1,5,8-9,11H2,2-3H3,(H,21,22,25,26);2,4-5,8,26H,1,3,6-7,9H2,(H,27,28)(H,20,21,23,24);2-10H,1,11H2,(H,21,22);4,6-7,10H,1,5,8-9H2,2-3H3;2,4-5,8H,1,3,6-7H2,(H,20,21). The molecule has 4 aliphatic heterocycles. The average molecular weight is 2040 g/mol. The Morgan fingerprint density at radius 3 is 1.13 bits per heavy atom. The first-order valence-corrected chi connectivity index (χ1v) is 45.6. The number of imide groups is 2. The van der Waals surface area contributed by atoms with Gasteiger partial charge in [-0.15, -0.1) is 5.11 Å². The number of nitrogens with zero attached hydrogens (tertiary/aromatic N) is 12. The third-order valence-corrected chi connectivity index (χ3v) is 22.2. The zero-order chi connectivity index (χ0) is 109. The van der Waals surface area contributed by atoms with Gasteiger partial charge < -0.3 is 79.2 Å². The highest BCUT2D eigenvalue weighted by Crippen LogP contribution is 2.38. The van der Waals surface area contributed by atoms with Crippen LogP contribution in [0.3, 0.4) is 0 Å². The summed E-state index contributed by atoms with van der Waals surface area (Å²) >= 11 is 0. The Morgan fingerprint density at radius 1 is 0.367 bits per heavy atom. The lowest BCUT2D eigenvalue weighted by atomic mass is 10.0. The normalized spacial score (nSPS) is 12.6. The lowest BCUT2D eigenvalue weighted by molar-refractivity contribution is -0.138. The van der Waals surface area contributed by atoms with Crippen molar-refractivity contribution in [3.63, 3.8) is 0 Å². The topological polar surface area (TPSA) is 587 Å². The second-order valence-electron chi connectivity index (χ2n) is 32.9. The number of esters is 4. The predicted octanol–water partition coefficient (Wildman–Crippen LogP) is 14.2. The van der Waals surface area contributed by atoms with Crippen LogP contribution in [-0.2, 0) is 92.8 Å². The van der Waals surface area contributed by atoms with Crippen LogP contribution in [0.4, 0.5) is 34.1 Å². The molecular formula is C108H100N14O28. The van der Waals surface area contributed by atoms with Crippen LogP contribution in [0, 0.1) is 0 Å². The molecule has 15 rings (SSSR count). The van der Waals surface area contributed by atoms with Crippen molar-refractivity contribution in [2.45, 2.75) is 64.5 Å². The summed E-state index contributed by atoms with van der Waals surface area (Å²) in [6.07, 6.45) is 8.10. The molecule has 150 heavy (non-hydrogen) atoms. The van der Waals surface area contributed by atoms with Gasteiger partial charge in [-0.25, -0.2) is 38.4 Å². The Kier molecular flexibility index (Phi) is 39.6. The first-order chi connectivity index (χ1) is 71.7. The Labute approximate surface area is 855 Å². The van der Waals surface area contributed by atoms with E-state index in [0.29, 0.717) is 98.6 Å². The number of carbonyl (C=O) groups excluding carboxylic acids is 14. The molecular weight excluding hydrogens is 1940 g/mol. The van der Waals surface area contributed by atoms with Gasteiger partial charge in [0.25, 0.3) is 35.4 Å². The number of azo groups is 2. The summed E-state index contributed by atoms with van der Waals surface area (Å²) in [4.78, 5) is 221. The maximum atomic E-state index is 12.3. The minimum Gasteiger partial charge on any atom is -0.494 e. The molecule has 0 unspecified atom stereocenters. The summed E-state index contributed by atoms with van der Waals surface area (Å²) in [5.74, 6) is -10.6. The van der Waals surface area contributed by atoms with E-state index >= 15 is 0 Å². The maximum absolute atomic E-state index is 12.3. The number of fused-ring (bicyclic) bond motifs is 5. The second-order valence-corrected chi connectivity index (χ2v) is 32.9. The number of amides is 8. The van der Waals surface area contributed by atoms with Crippen molar-refractivity contribution in [1.82, 2.24) is 29.6 Å². The number of carboxylic acids is 4. The molecule has 42 nitrogen and oxygen atoms in total. The van der Waals surface area contributed by atoms with Gasteiger partial charge in [-0.2, -0.15) is 25.3 Å². The molecule has 0 bridgehead atoms. The van der Waals surface area contributed by atoms with Crippen LogP contribution < -0.4 is 20.4 Å². The number of allylic oxidation sites excluding steroid dienone is 2. The number of carbonyl (C=O) groups is 18. The molecule has 0 fully saturated rings. The highest BCUT2D eigenvalue weighted by atomic mass is 16.5. The van der Waals surface area contributed by atoms with E-state index in [2.05, 4.69) is 80.5 Å². The van der Waals surface area contributed by atoms with E-state index in [4.69, 9.17) is 29.2 Å². The fraction of sp³-hybridized carbons (Fsp3) is 0.185. The highest BCUT2D eigenvalue weighted by molar-refractivity contribution is 6.26. The largest absolute Gasteiger partial charge is 0.494 e. The number of hydrogen-bond donors (Lipinski definition) is 8. The molecule has 770 valence electrons. The van der Waals surface area contributed by atoms with Gasteiger partial charge in [0.1, 0.15) is 12.8 Å². The Balaban J connectivity index is 0.000000185. The summed E-state index contributed by atoms with van der Waals surface area (Å²) in [5.41, 5.74) is 8.01. The highest BCUT2D eigenvalue weighted by Gasteiger charge is 2.38. The molecule has 6 heterocycles. The molecule has 2 aromatic heterocycles. The number of aromatic nitrogens is 2. The summed E-state index contributed by atoms with van der Waals surface area (Å²) in [7, 11) is 7.51. The van der Waals surface area contributed by atoms with Crippen LogP contribution in [0.25, 0.3) is 32.3 Å². The van der Waals surface area contributed by atoms with E-state index in [1.165, 1.54) is 76.2 Å². The Bertz CT molecular complexity index is 7390. The first-order valence-electron chi connectivity index (χ1n) is 45.6.